The second kappa shape index (κ2) is 7.09. The largest absolute Gasteiger partial charge is 2.00 e. The predicted octanol–water partition coefficient (Wildman–Crippen LogP) is -0.939. The van der Waals surface area contributed by atoms with E-state index < -0.39 is 5.41 Å². The average molecular weight is 237 g/mol. The Morgan fingerprint density at radius 2 is 1.73 bits per heavy atom. The Morgan fingerprint density at radius 3 is 2.13 bits per heavy atom. The molecule has 0 N–H and O–H groups in total. The van der Waals surface area contributed by atoms with Crippen molar-refractivity contribution < 1.29 is 21.9 Å². The van der Waals surface area contributed by atoms with Crippen molar-refractivity contribution in [1.29, 1.82) is 0 Å². The molecule has 4 heteroatoms. The molecule has 0 unspecified atom stereocenters. The van der Waals surface area contributed by atoms with Gasteiger partial charge in [0.2, 0.25) is 0 Å². The van der Waals surface area contributed by atoms with Gasteiger partial charge in [0, 0.05) is 5.75 Å². The third-order valence-corrected chi connectivity index (χ3v) is 1.51. The number of hydrogen-bond donors (Lipinski definition) is 0. The number of carbonyl (C=O) groups excluding carboxylic acids is 1. The van der Waals surface area contributed by atoms with Gasteiger partial charge < -0.3 is 17.1 Å². The minimum atomic E-state index is -0.459. The molecule has 0 radical (unpaired) electrons. The Hall–Kier alpha value is -0.254. The standard InChI is InChI=1S/C11H13O2.ClH.Mg/c1-11(2,3)10(12)13-9-7-5-4-6-8-9;;/h5-8H,1-3H3;1H;/q-1;;+2/p-1. The molecule has 0 saturated carbocycles. The summed E-state index contributed by atoms with van der Waals surface area (Å²) in [5.41, 5.74) is -0.459. The number of halogens is 1. The number of rotatable bonds is 1. The van der Waals surface area contributed by atoms with Crippen LogP contribution >= 0.6 is 0 Å². The van der Waals surface area contributed by atoms with Crippen molar-refractivity contribution in [3.05, 3.63) is 30.3 Å². The summed E-state index contributed by atoms with van der Waals surface area (Å²) in [6.45, 7) is 5.47. The molecule has 15 heavy (non-hydrogen) atoms. The first-order valence-electron chi connectivity index (χ1n) is 4.18. The molecule has 0 heterocycles. The van der Waals surface area contributed by atoms with E-state index in [0.717, 1.165) is 0 Å². The number of esters is 1. The summed E-state index contributed by atoms with van der Waals surface area (Å²) in [5, 5.41) is 0. The van der Waals surface area contributed by atoms with E-state index >= 15 is 0 Å². The maximum Gasteiger partial charge on any atom is 2.00 e. The fourth-order valence-corrected chi connectivity index (χ4v) is 0.700. The van der Waals surface area contributed by atoms with Gasteiger partial charge in [0.25, 0.3) is 0 Å². The van der Waals surface area contributed by atoms with Crippen molar-refractivity contribution in [2.45, 2.75) is 20.8 Å². The molecule has 78 valence electrons. The first kappa shape index (κ1) is 17.2. The topological polar surface area (TPSA) is 26.3 Å². The summed E-state index contributed by atoms with van der Waals surface area (Å²) in [4.78, 5) is 11.4. The molecule has 1 rings (SSSR count). The second-order valence-corrected chi connectivity index (χ2v) is 3.88. The van der Waals surface area contributed by atoms with E-state index in [1.165, 1.54) is 0 Å². The van der Waals surface area contributed by atoms with E-state index in [-0.39, 0.29) is 41.4 Å². The van der Waals surface area contributed by atoms with Gasteiger partial charge in [-0.05, 0) is 20.8 Å². The summed E-state index contributed by atoms with van der Waals surface area (Å²) in [5.74, 6) is 0.345. The zero-order chi connectivity index (χ0) is 9.90. The van der Waals surface area contributed by atoms with E-state index in [2.05, 4.69) is 6.07 Å². The van der Waals surface area contributed by atoms with Crippen LogP contribution in [0.15, 0.2) is 24.3 Å². The molecule has 2 nitrogen and oxygen atoms in total. The molecule has 0 aromatic heterocycles. The van der Waals surface area contributed by atoms with Crippen molar-refractivity contribution in [2.75, 3.05) is 0 Å². The van der Waals surface area contributed by atoms with E-state index in [9.17, 15) is 4.79 Å². The van der Waals surface area contributed by atoms with Crippen LogP contribution in [-0.2, 0) is 4.79 Å². The minimum Gasteiger partial charge on any atom is -1.00 e. The molecule has 0 amide bonds. The minimum absolute atomic E-state index is 0. The summed E-state index contributed by atoms with van der Waals surface area (Å²) in [6.07, 6.45) is 0. The normalized spacial score (nSPS) is 9.53. The third-order valence-electron chi connectivity index (χ3n) is 1.51. The van der Waals surface area contributed by atoms with Gasteiger partial charge in [0.15, 0.2) is 0 Å². The smallest absolute Gasteiger partial charge is 1.00 e. The summed E-state index contributed by atoms with van der Waals surface area (Å²) >= 11 is 0. The van der Waals surface area contributed by atoms with Gasteiger partial charge in [-0.3, -0.25) is 4.79 Å². The molecule has 0 spiro atoms. The van der Waals surface area contributed by atoms with Gasteiger partial charge in [0.05, 0.1) is 5.41 Å². The second-order valence-electron chi connectivity index (χ2n) is 3.88. The molecule has 0 aliphatic rings. The van der Waals surface area contributed by atoms with Crippen molar-refractivity contribution in [3.8, 4) is 5.75 Å². The van der Waals surface area contributed by atoms with Crippen LogP contribution in [0.25, 0.3) is 0 Å². The SMILES string of the molecule is CC(C)(C)C(=O)Oc1cc[c-]cc1.[Cl-].[Mg+2]. The summed E-state index contributed by atoms with van der Waals surface area (Å²) < 4.78 is 5.12. The molecular weight excluding hydrogens is 224 g/mol. The predicted molar refractivity (Wildman–Crippen MR) is 56.1 cm³/mol. The van der Waals surface area contributed by atoms with Crippen molar-refractivity contribution in [2.24, 2.45) is 5.41 Å². The summed E-state index contributed by atoms with van der Waals surface area (Å²) in [7, 11) is 0. The van der Waals surface area contributed by atoms with Gasteiger partial charge in [-0.2, -0.15) is 18.2 Å². The quantitative estimate of drug-likeness (QED) is 0.273. The number of benzene rings is 1. The fraction of sp³-hybridized carbons (Fsp3) is 0.364. The molecule has 1 aromatic carbocycles. The van der Waals surface area contributed by atoms with Crippen molar-refractivity contribution >= 4 is 29.0 Å². The number of hydrogen-bond acceptors (Lipinski definition) is 2. The van der Waals surface area contributed by atoms with Crippen LogP contribution in [-0.4, -0.2) is 29.0 Å². The molecule has 0 fully saturated rings. The van der Waals surface area contributed by atoms with E-state index in [0.29, 0.717) is 5.75 Å². The van der Waals surface area contributed by atoms with E-state index in [1.54, 1.807) is 24.3 Å². The van der Waals surface area contributed by atoms with Crippen LogP contribution in [0.3, 0.4) is 0 Å². The first-order chi connectivity index (χ1) is 6.00. The Kier molecular flexibility index (Phi) is 8.11. The Morgan fingerprint density at radius 1 is 1.27 bits per heavy atom. The van der Waals surface area contributed by atoms with Crippen molar-refractivity contribution in [3.63, 3.8) is 0 Å². The monoisotopic (exact) mass is 236 g/mol. The third kappa shape index (κ3) is 6.02. The number of carbonyl (C=O) groups is 1. The molecule has 1 aromatic rings. The summed E-state index contributed by atoms with van der Waals surface area (Å²) in [6, 6.07) is 9.70. The van der Waals surface area contributed by atoms with Gasteiger partial charge in [-0.25, -0.2) is 0 Å². The van der Waals surface area contributed by atoms with Crippen LogP contribution < -0.4 is 17.1 Å². The fourth-order valence-electron chi connectivity index (χ4n) is 0.700. The molecule has 0 bridgehead atoms. The van der Waals surface area contributed by atoms with Gasteiger partial charge in [-0.1, -0.05) is 0 Å². The van der Waals surface area contributed by atoms with Crippen LogP contribution in [0, 0.1) is 11.5 Å². The zero-order valence-electron chi connectivity index (χ0n) is 9.21. The Balaban J connectivity index is 0. The number of ether oxygens (including phenoxy) is 1. The maximum absolute atomic E-state index is 11.4. The Bertz CT molecular complexity index is 293. The van der Waals surface area contributed by atoms with Crippen molar-refractivity contribution in [1.82, 2.24) is 0 Å². The van der Waals surface area contributed by atoms with Crippen LogP contribution in [0.4, 0.5) is 0 Å². The zero-order valence-corrected chi connectivity index (χ0v) is 11.4. The van der Waals surface area contributed by atoms with Crippen LogP contribution in [0.1, 0.15) is 20.8 Å². The molecular formula is C11H13ClMgO2. The molecule has 0 atom stereocenters. The van der Waals surface area contributed by atoms with Crippen LogP contribution in [0.5, 0.6) is 5.75 Å². The molecule has 0 aliphatic heterocycles. The van der Waals surface area contributed by atoms with Gasteiger partial charge in [0.1, 0.15) is 0 Å². The average Bonchev–Trinajstić information content (AvgIpc) is 2.04. The maximum atomic E-state index is 11.4. The van der Waals surface area contributed by atoms with Gasteiger partial charge >= 0.3 is 29.0 Å². The van der Waals surface area contributed by atoms with E-state index in [4.69, 9.17) is 4.74 Å². The molecule has 0 saturated heterocycles. The molecule has 0 aliphatic carbocycles. The first-order valence-corrected chi connectivity index (χ1v) is 4.18. The van der Waals surface area contributed by atoms with Gasteiger partial charge in [-0.15, -0.1) is 12.1 Å². The Labute approximate surface area is 113 Å². The van der Waals surface area contributed by atoms with Crippen LogP contribution in [0.2, 0.25) is 0 Å². The van der Waals surface area contributed by atoms with E-state index in [1.807, 2.05) is 20.8 Å².